The lowest BCUT2D eigenvalue weighted by atomic mass is 9.91. The molecule has 1 aromatic carbocycles. The van der Waals surface area contributed by atoms with Crippen LogP contribution >= 0.6 is 0 Å². The van der Waals surface area contributed by atoms with E-state index in [4.69, 9.17) is 4.74 Å². The predicted molar refractivity (Wildman–Crippen MR) is 89.5 cm³/mol. The van der Waals surface area contributed by atoms with E-state index in [2.05, 4.69) is 57.1 Å². The lowest BCUT2D eigenvalue weighted by Gasteiger charge is -2.17. The van der Waals surface area contributed by atoms with Gasteiger partial charge < -0.3 is 4.74 Å². The van der Waals surface area contributed by atoms with E-state index >= 15 is 0 Å². The molecule has 0 saturated carbocycles. The molecule has 2 rings (SSSR count). The van der Waals surface area contributed by atoms with Crippen molar-refractivity contribution in [1.29, 1.82) is 0 Å². The minimum absolute atomic E-state index is 0.418. The quantitative estimate of drug-likeness (QED) is 0.774. The highest BCUT2D eigenvalue weighted by Crippen LogP contribution is 2.29. The van der Waals surface area contributed by atoms with E-state index in [1.165, 1.54) is 16.7 Å². The van der Waals surface area contributed by atoms with E-state index in [1.54, 1.807) is 0 Å². The number of ether oxygens (including phenoxy) is 1. The summed E-state index contributed by atoms with van der Waals surface area (Å²) in [4.78, 5) is 0. The lowest BCUT2D eigenvalue weighted by molar-refractivity contribution is 0.315. The van der Waals surface area contributed by atoms with Crippen LogP contribution in [0.4, 0.5) is 0 Å². The third-order valence-corrected chi connectivity index (χ3v) is 3.98. The van der Waals surface area contributed by atoms with Crippen LogP contribution in [0.2, 0.25) is 0 Å². The molecule has 1 atom stereocenters. The zero-order valence-corrected chi connectivity index (χ0v) is 14.4. The van der Waals surface area contributed by atoms with E-state index in [1.807, 2.05) is 10.9 Å². The first-order chi connectivity index (χ1) is 10.5. The van der Waals surface area contributed by atoms with Gasteiger partial charge in [0.1, 0.15) is 5.75 Å². The van der Waals surface area contributed by atoms with Gasteiger partial charge >= 0.3 is 0 Å². The molecule has 0 radical (unpaired) electrons. The van der Waals surface area contributed by atoms with E-state index in [-0.39, 0.29) is 0 Å². The Morgan fingerprint density at radius 1 is 1.18 bits per heavy atom. The Bertz CT molecular complexity index is 619. The maximum absolute atomic E-state index is 5.81. The Morgan fingerprint density at radius 2 is 1.95 bits per heavy atom. The Morgan fingerprint density at radius 3 is 2.59 bits per heavy atom. The van der Waals surface area contributed by atoms with Crippen molar-refractivity contribution in [1.82, 2.24) is 15.0 Å². The number of benzene rings is 1. The van der Waals surface area contributed by atoms with Gasteiger partial charge in [-0.3, -0.25) is 4.68 Å². The minimum atomic E-state index is 0.418. The van der Waals surface area contributed by atoms with Crippen LogP contribution in [0.1, 0.15) is 55.5 Å². The Kier molecular flexibility index (Phi) is 5.58. The van der Waals surface area contributed by atoms with Crippen LogP contribution in [0, 0.1) is 13.8 Å². The van der Waals surface area contributed by atoms with Gasteiger partial charge in [-0.1, -0.05) is 25.1 Å². The number of nitrogens with zero attached hydrogens (tertiary/aromatic N) is 3. The molecule has 1 unspecified atom stereocenters. The van der Waals surface area contributed by atoms with Gasteiger partial charge in [-0.15, -0.1) is 5.10 Å². The highest BCUT2D eigenvalue weighted by atomic mass is 16.5. The van der Waals surface area contributed by atoms with Gasteiger partial charge in [0, 0.05) is 12.7 Å². The molecule has 4 heteroatoms. The van der Waals surface area contributed by atoms with Crippen LogP contribution in [0.5, 0.6) is 5.75 Å². The van der Waals surface area contributed by atoms with Gasteiger partial charge in [-0.2, -0.15) is 0 Å². The molecule has 120 valence electrons. The van der Waals surface area contributed by atoms with Crippen molar-refractivity contribution in [2.75, 3.05) is 6.61 Å². The molecular formula is C18H27N3O. The van der Waals surface area contributed by atoms with Crippen LogP contribution < -0.4 is 4.74 Å². The second kappa shape index (κ2) is 7.43. The molecule has 2 aromatic rings. The standard InChI is InChI=1S/C18H27N3O/c1-6-8-22-18-11-14(4)17(10-15(18)5)13(3)9-16-12-21(7-2)20-19-16/h10-13H,6-9H2,1-5H3. The molecule has 1 heterocycles. The molecule has 22 heavy (non-hydrogen) atoms. The highest BCUT2D eigenvalue weighted by Gasteiger charge is 2.14. The molecule has 0 bridgehead atoms. The fraction of sp³-hybridized carbons (Fsp3) is 0.556. The fourth-order valence-corrected chi connectivity index (χ4v) is 2.72. The van der Waals surface area contributed by atoms with Gasteiger partial charge in [0.2, 0.25) is 0 Å². The maximum Gasteiger partial charge on any atom is 0.122 e. The minimum Gasteiger partial charge on any atom is -0.493 e. The maximum atomic E-state index is 5.81. The van der Waals surface area contributed by atoms with E-state index in [9.17, 15) is 0 Å². The van der Waals surface area contributed by atoms with E-state index < -0.39 is 0 Å². The van der Waals surface area contributed by atoms with Gasteiger partial charge in [0.05, 0.1) is 12.3 Å². The summed E-state index contributed by atoms with van der Waals surface area (Å²) < 4.78 is 7.69. The molecule has 0 spiro atoms. The SMILES string of the molecule is CCCOc1cc(C)c(C(C)Cc2cn(CC)nn2)cc1C. The smallest absolute Gasteiger partial charge is 0.122 e. The van der Waals surface area contributed by atoms with E-state index in [0.29, 0.717) is 5.92 Å². The zero-order chi connectivity index (χ0) is 16.1. The summed E-state index contributed by atoms with van der Waals surface area (Å²) in [7, 11) is 0. The van der Waals surface area contributed by atoms with Gasteiger partial charge in [0.15, 0.2) is 0 Å². The molecule has 0 aliphatic heterocycles. The summed E-state index contributed by atoms with van der Waals surface area (Å²) in [6, 6.07) is 4.43. The normalized spacial score (nSPS) is 12.4. The van der Waals surface area contributed by atoms with E-state index in [0.717, 1.165) is 37.4 Å². The molecule has 1 aromatic heterocycles. The molecule has 0 amide bonds. The summed E-state index contributed by atoms with van der Waals surface area (Å²) in [5, 5.41) is 8.37. The summed E-state index contributed by atoms with van der Waals surface area (Å²) >= 11 is 0. The molecule has 0 N–H and O–H groups in total. The first-order valence-corrected chi connectivity index (χ1v) is 8.18. The Hall–Kier alpha value is -1.84. The third kappa shape index (κ3) is 3.87. The van der Waals surface area contributed by atoms with Crippen molar-refractivity contribution in [2.24, 2.45) is 0 Å². The van der Waals surface area contributed by atoms with Crippen LogP contribution in [-0.2, 0) is 13.0 Å². The summed E-state index contributed by atoms with van der Waals surface area (Å²) in [5.41, 5.74) is 4.91. The van der Waals surface area contributed by atoms with Crippen molar-refractivity contribution in [3.63, 3.8) is 0 Å². The molecule has 0 aliphatic carbocycles. The fourth-order valence-electron chi connectivity index (χ4n) is 2.72. The van der Waals surface area contributed by atoms with Crippen molar-refractivity contribution in [3.8, 4) is 5.75 Å². The summed E-state index contributed by atoms with van der Waals surface area (Å²) in [6.45, 7) is 12.4. The number of rotatable bonds is 7. The van der Waals surface area contributed by atoms with Crippen LogP contribution in [0.15, 0.2) is 18.3 Å². The molecule has 0 fully saturated rings. The van der Waals surface area contributed by atoms with Gasteiger partial charge in [-0.25, -0.2) is 0 Å². The topological polar surface area (TPSA) is 39.9 Å². The summed E-state index contributed by atoms with van der Waals surface area (Å²) in [5.74, 6) is 1.42. The van der Waals surface area contributed by atoms with Crippen LogP contribution in [0.3, 0.4) is 0 Å². The average Bonchev–Trinajstić information content (AvgIpc) is 2.95. The number of hydrogen-bond acceptors (Lipinski definition) is 3. The van der Waals surface area contributed by atoms with Crippen molar-refractivity contribution < 1.29 is 4.74 Å². The second-order valence-corrected chi connectivity index (χ2v) is 5.99. The molecule has 4 nitrogen and oxygen atoms in total. The number of aryl methyl sites for hydroxylation is 3. The molecular weight excluding hydrogens is 274 g/mol. The number of hydrogen-bond donors (Lipinski definition) is 0. The largest absolute Gasteiger partial charge is 0.493 e. The van der Waals surface area contributed by atoms with Crippen LogP contribution in [0.25, 0.3) is 0 Å². The molecule has 0 saturated heterocycles. The van der Waals surface area contributed by atoms with Gasteiger partial charge in [-0.05, 0) is 62.3 Å². The van der Waals surface area contributed by atoms with Crippen LogP contribution in [-0.4, -0.2) is 21.6 Å². The monoisotopic (exact) mass is 301 g/mol. The first-order valence-electron chi connectivity index (χ1n) is 8.18. The van der Waals surface area contributed by atoms with Crippen molar-refractivity contribution >= 4 is 0 Å². The molecule has 0 aliphatic rings. The Balaban J connectivity index is 2.15. The van der Waals surface area contributed by atoms with Crippen molar-refractivity contribution in [2.45, 2.75) is 59.9 Å². The number of aromatic nitrogens is 3. The van der Waals surface area contributed by atoms with Crippen molar-refractivity contribution in [3.05, 3.63) is 40.7 Å². The Labute approximate surface area is 133 Å². The summed E-state index contributed by atoms with van der Waals surface area (Å²) in [6.07, 6.45) is 3.98. The second-order valence-electron chi connectivity index (χ2n) is 5.99. The van der Waals surface area contributed by atoms with Gasteiger partial charge in [0.25, 0.3) is 0 Å². The highest BCUT2D eigenvalue weighted by molar-refractivity contribution is 5.43. The zero-order valence-electron chi connectivity index (χ0n) is 14.4. The predicted octanol–water partition coefficient (Wildman–Crippen LogP) is 4.05. The lowest BCUT2D eigenvalue weighted by Crippen LogP contribution is -2.04. The third-order valence-electron chi connectivity index (χ3n) is 3.98. The first kappa shape index (κ1) is 16.5. The average molecular weight is 301 g/mol.